The number of nitrogens with zero attached hydrogens (tertiary/aromatic N) is 1. The molecule has 1 aliphatic carbocycles. The molecule has 0 N–H and O–H groups in total. The lowest BCUT2D eigenvalue weighted by molar-refractivity contribution is -0.185. The second-order valence-corrected chi connectivity index (χ2v) is 12.5. The number of esters is 1. The van der Waals surface area contributed by atoms with Crippen molar-refractivity contribution in [3.8, 4) is 11.5 Å². The summed E-state index contributed by atoms with van der Waals surface area (Å²) in [5, 5.41) is 0.0830. The molecule has 262 valence electrons. The Morgan fingerprint density at radius 3 is 2.49 bits per heavy atom. The largest absolute Gasteiger partial charge is 0.464 e. The molecular formula is C37H43NO11. The van der Waals surface area contributed by atoms with Crippen LogP contribution >= 0.6 is 0 Å². The van der Waals surface area contributed by atoms with Crippen molar-refractivity contribution in [2.75, 3.05) is 60.7 Å². The highest BCUT2D eigenvalue weighted by atomic mass is 16.7. The highest BCUT2D eigenvalue weighted by Crippen LogP contribution is 2.37. The van der Waals surface area contributed by atoms with Crippen LogP contribution in [0.2, 0.25) is 0 Å². The molecule has 2 saturated heterocycles. The Morgan fingerprint density at radius 1 is 0.980 bits per heavy atom. The maximum Gasteiger partial charge on any atom is 0.339 e. The molecule has 2 aliphatic heterocycles. The molecule has 12 nitrogen and oxygen atoms in total. The van der Waals surface area contributed by atoms with E-state index in [1.54, 1.807) is 31.2 Å². The Bertz CT molecular complexity index is 1790. The normalized spacial score (nSPS) is 19.5. The van der Waals surface area contributed by atoms with Gasteiger partial charge in [0, 0.05) is 51.6 Å². The molecule has 12 heteroatoms. The van der Waals surface area contributed by atoms with E-state index in [9.17, 15) is 14.4 Å². The zero-order valence-corrected chi connectivity index (χ0v) is 28.5. The summed E-state index contributed by atoms with van der Waals surface area (Å²) < 4.78 is 44.9. The number of hydrogen-bond acceptors (Lipinski definition) is 12. The molecule has 2 fully saturated rings. The monoisotopic (exact) mass is 677 g/mol. The summed E-state index contributed by atoms with van der Waals surface area (Å²) in [7, 11) is 2.99. The Balaban J connectivity index is 1.21. The average Bonchev–Trinajstić information content (AvgIpc) is 3.55. The summed E-state index contributed by atoms with van der Waals surface area (Å²) in [6.07, 6.45) is 7.26. The number of carbonyl (C=O) groups excluding carboxylic acids is 2. The fourth-order valence-corrected chi connectivity index (χ4v) is 6.57. The van der Waals surface area contributed by atoms with Crippen LogP contribution < -0.4 is 14.9 Å². The van der Waals surface area contributed by atoms with Crippen molar-refractivity contribution in [1.29, 1.82) is 0 Å². The average molecular weight is 678 g/mol. The van der Waals surface area contributed by atoms with E-state index in [0.717, 1.165) is 50.9 Å². The zero-order valence-electron chi connectivity index (χ0n) is 28.5. The molecule has 0 spiro atoms. The van der Waals surface area contributed by atoms with Crippen LogP contribution in [0.15, 0.2) is 39.7 Å². The topological polar surface area (TPSA) is 132 Å². The quantitative estimate of drug-likeness (QED) is 0.179. The van der Waals surface area contributed by atoms with Crippen molar-refractivity contribution in [1.82, 2.24) is 4.90 Å². The molecule has 0 radical (unpaired) electrons. The van der Waals surface area contributed by atoms with Gasteiger partial charge in [-0.3, -0.25) is 14.5 Å². The number of hydrogen-bond donors (Lipinski definition) is 0. The number of allylic oxidation sites excluding steroid dienone is 2. The summed E-state index contributed by atoms with van der Waals surface area (Å²) >= 11 is 0. The standard InChI is InChI=1S/C37H43NO11/c1-22-15-31-34(33(23(22)2)37(41)45-14-12-38-11-10-25(18-38)49-32-7-5-6-13-44-32)36(40)28(19-46-31)26-9-8-24-16-29(47-20-42-3)30(48-21-43-4)17-27(24)35(26)39/h9,15-17,19,25,32H,5-8,10-14,18,20-21H2,1-4H3. The molecule has 49 heavy (non-hydrogen) atoms. The first-order valence-corrected chi connectivity index (χ1v) is 16.7. The van der Waals surface area contributed by atoms with E-state index in [0.29, 0.717) is 41.2 Å². The van der Waals surface area contributed by atoms with Crippen molar-refractivity contribution in [2.24, 2.45) is 0 Å². The van der Waals surface area contributed by atoms with Crippen LogP contribution in [0, 0.1) is 13.8 Å². The van der Waals surface area contributed by atoms with Gasteiger partial charge < -0.3 is 37.6 Å². The van der Waals surface area contributed by atoms with Crippen LogP contribution in [0.4, 0.5) is 0 Å². The Labute approximate surface area is 284 Å². The molecule has 3 heterocycles. The summed E-state index contributed by atoms with van der Waals surface area (Å²) in [5.41, 5.74) is 2.57. The van der Waals surface area contributed by atoms with Gasteiger partial charge in [-0.25, -0.2) is 4.79 Å². The van der Waals surface area contributed by atoms with Gasteiger partial charge in [-0.2, -0.15) is 0 Å². The molecule has 6 rings (SSSR count). The van der Waals surface area contributed by atoms with E-state index in [2.05, 4.69) is 4.90 Å². The summed E-state index contributed by atoms with van der Waals surface area (Å²) in [4.78, 5) is 43.9. The fraction of sp³-hybridized carbons (Fsp3) is 0.486. The zero-order chi connectivity index (χ0) is 34.5. The molecule has 2 unspecified atom stereocenters. The lowest BCUT2D eigenvalue weighted by Crippen LogP contribution is -2.31. The molecule has 2 aromatic carbocycles. The van der Waals surface area contributed by atoms with E-state index < -0.39 is 11.4 Å². The third-order valence-corrected chi connectivity index (χ3v) is 9.28. The predicted octanol–water partition coefficient (Wildman–Crippen LogP) is 4.97. The summed E-state index contributed by atoms with van der Waals surface area (Å²) in [5.74, 6) is -0.307. The number of carbonyl (C=O) groups is 2. The molecule has 0 bridgehead atoms. The molecule has 0 amide bonds. The maximum absolute atomic E-state index is 14.2. The number of Topliss-reactive ketones (excluding diaryl/α,β-unsaturated/α-hetero) is 1. The number of rotatable bonds is 13. The van der Waals surface area contributed by atoms with Gasteiger partial charge >= 0.3 is 5.97 Å². The first kappa shape index (κ1) is 34.8. The van der Waals surface area contributed by atoms with Crippen LogP contribution in [-0.4, -0.2) is 89.7 Å². The van der Waals surface area contributed by atoms with E-state index >= 15 is 0 Å². The van der Waals surface area contributed by atoms with Crippen molar-refractivity contribution in [2.45, 2.75) is 58.3 Å². The fourth-order valence-electron chi connectivity index (χ4n) is 6.57. The molecule has 1 aromatic heterocycles. The highest BCUT2D eigenvalue weighted by molar-refractivity contribution is 6.30. The lowest BCUT2D eigenvalue weighted by Gasteiger charge is -2.26. The second kappa shape index (κ2) is 15.6. The highest BCUT2D eigenvalue weighted by Gasteiger charge is 2.30. The van der Waals surface area contributed by atoms with Gasteiger partial charge in [0.1, 0.15) is 18.5 Å². The van der Waals surface area contributed by atoms with Crippen molar-refractivity contribution in [3.05, 3.63) is 74.1 Å². The second-order valence-electron chi connectivity index (χ2n) is 12.5. The van der Waals surface area contributed by atoms with Gasteiger partial charge in [0.2, 0.25) is 5.43 Å². The van der Waals surface area contributed by atoms with E-state index in [-0.39, 0.29) is 66.0 Å². The van der Waals surface area contributed by atoms with E-state index in [4.69, 9.17) is 37.6 Å². The third kappa shape index (κ3) is 7.58. The first-order valence-electron chi connectivity index (χ1n) is 16.7. The van der Waals surface area contributed by atoms with Crippen molar-refractivity contribution >= 4 is 28.3 Å². The van der Waals surface area contributed by atoms with Crippen LogP contribution in [0.25, 0.3) is 16.5 Å². The Kier molecular flexibility index (Phi) is 11.1. The number of ether oxygens (including phenoxy) is 7. The lowest BCUT2D eigenvalue weighted by atomic mass is 9.86. The molecule has 3 aromatic rings. The molecule has 3 aliphatic rings. The first-order chi connectivity index (χ1) is 23.8. The van der Waals surface area contributed by atoms with Crippen molar-refractivity contribution in [3.63, 3.8) is 0 Å². The van der Waals surface area contributed by atoms with Crippen molar-refractivity contribution < 1.29 is 47.2 Å². The number of benzene rings is 2. The minimum atomic E-state index is -0.615. The van der Waals surface area contributed by atoms with Gasteiger partial charge in [0.15, 0.2) is 37.2 Å². The minimum Gasteiger partial charge on any atom is -0.464 e. The summed E-state index contributed by atoms with van der Waals surface area (Å²) in [6.45, 7) is 6.55. The van der Waals surface area contributed by atoms with E-state index in [1.807, 2.05) is 6.92 Å². The minimum absolute atomic E-state index is 0.0111. The van der Waals surface area contributed by atoms with Gasteiger partial charge in [-0.05, 0) is 80.8 Å². The van der Waals surface area contributed by atoms with Crippen LogP contribution in [0.1, 0.15) is 68.7 Å². The smallest absolute Gasteiger partial charge is 0.339 e. The predicted molar refractivity (Wildman–Crippen MR) is 179 cm³/mol. The van der Waals surface area contributed by atoms with Gasteiger partial charge in [-0.15, -0.1) is 0 Å². The van der Waals surface area contributed by atoms with Gasteiger partial charge in [0.25, 0.3) is 0 Å². The number of fused-ring (bicyclic) bond motifs is 2. The Morgan fingerprint density at radius 2 is 1.76 bits per heavy atom. The number of aryl methyl sites for hydroxylation is 1. The van der Waals surface area contributed by atoms with Gasteiger partial charge in [-0.1, -0.05) is 6.08 Å². The number of likely N-dealkylation sites (tertiary alicyclic amines) is 1. The molecular weight excluding hydrogens is 634 g/mol. The van der Waals surface area contributed by atoms with E-state index in [1.165, 1.54) is 20.5 Å². The SMILES string of the molecule is COCOc1cc2c(cc1OCOC)C(=O)C(c1coc3cc(C)c(C)c(C(=O)OCCN4CCC(OC5CCCCO5)C4)c3c1=O)=CC2. The molecule has 2 atom stereocenters. The van der Waals surface area contributed by atoms with Crippen LogP contribution in [-0.2, 0) is 30.1 Å². The maximum atomic E-state index is 14.2. The third-order valence-electron chi connectivity index (χ3n) is 9.28. The number of ketones is 1. The number of methoxy groups -OCH3 is 2. The summed E-state index contributed by atoms with van der Waals surface area (Å²) in [6, 6.07) is 5.01. The molecule has 0 saturated carbocycles. The van der Waals surface area contributed by atoms with Crippen LogP contribution in [0.5, 0.6) is 11.5 Å². The van der Waals surface area contributed by atoms with Crippen LogP contribution in [0.3, 0.4) is 0 Å². The Hall–Kier alpha value is -4.07. The van der Waals surface area contributed by atoms with Gasteiger partial charge in [0.05, 0.1) is 22.6 Å².